The van der Waals surface area contributed by atoms with Crippen molar-refractivity contribution in [1.29, 1.82) is 0 Å². The van der Waals surface area contributed by atoms with E-state index in [0.717, 1.165) is 22.5 Å². The largest absolute Gasteiger partial charge is 0.477 e. The Kier molecular flexibility index (Phi) is 4.07. The van der Waals surface area contributed by atoms with Crippen LogP contribution in [0, 0.1) is 20.8 Å². The van der Waals surface area contributed by atoms with Crippen molar-refractivity contribution >= 4 is 34.4 Å². The molecular formula is C18H16N2O3S. The van der Waals surface area contributed by atoms with Crippen molar-refractivity contribution in [2.75, 3.05) is 0 Å². The van der Waals surface area contributed by atoms with Gasteiger partial charge in [0.15, 0.2) is 4.96 Å². The molecule has 0 unspecified atom stereocenters. The number of nitrogens with zero attached hydrogens (tertiary/aromatic N) is 2. The highest BCUT2D eigenvalue weighted by Gasteiger charge is 2.13. The summed E-state index contributed by atoms with van der Waals surface area (Å²) in [4.78, 5) is 28.4. The number of carbonyl (C=O) groups is 1. The molecule has 1 aromatic carbocycles. The molecular weight excluding hydrogens is 324 g/mol. The van der Waals surface area contributed by atoms with Gasteiger partial charge in [-0.15, -0.1) is 0 Å². The summed E-state index contributed by atoms with van der Waals surface area (Å²) in [5.74, 6) is -1.06. The average Bonchev–Trinajstić information content (AvgIpc) is 2.95. The minimum Gasteiger partial charge on any atom is -0.477 e. The first kappa shape index (κ1) is 16.1. The summed E-state index contributed by atoms with van der Waals surface area (Å²) in [6.45, 7) is 5.77. The molecule has 2 aromatic heterocycles. The minimum absolute atomic E-state index is 0.0921. The molecule has 0 spiro atoms. The zero-order valence-electron chi connectivity index (χ0n) is 13.5. The van der Waals surface area contributed by atoms with E-state index in [0.29, 0.717) is 16.2 Å². The van der Waals surface area contributed by atoms with Crippen molar-refractivity contribution in [2.45, 2.75) is 20.8 Å². The zero-order valence-corrected chi connectivity index (χ0v) is 14.3. The van der Waals surface area contributed by atoms with Gasteiger partial charge in [-0.1, -0.05) is 41.2 Å². The maximum Gasteiger partial charge on any atom is 0.347 e. The molecule has 1 N–H and O–H groups in total. The number of rotatable bonds is 3. The predicted molar refractivity (Wildman–Crippen MR) is 95.9 cm³/mol. The number of aromatic carboxylic acids is 1. The molecule has 0 saturated carbocycles. The lowest BCUT2D eigenvalue weighted by Crippen LogP contribution is -2.17. The average molecular weight is 340 g/mol. The van der Waals surface area contributed by atoms with Crippen molar-refractivity contribution in [3.8, 4) is 0 Å². The zero-order chi connectivity index (χ0) is 17.4. The Morgan fingerprint density at radius 1 is 1.25 bits per heavy atom. The summed E-state index contributed by atoms with van der Waals surface area (Å²) >= 11 is 0.988. The fourth-order valence-corrected chi connectivity index (χ4v) is 3.31. The molecule has 3 rings (SSSR count). The van der Waals surface area contributed by atoms with E-state index in [1.807, 2.05) is 32.1 Å². The Morgan fingerprint density at radius 3 is 2.67 bits per heavy atom. The van der Waals surface area contributed by atoms with E-state index >= 15 is 0 Å². The monoisotopic (exact) mass is 340 g/mol. The molecule has 0 saturated heterocycles. The maximum atomic E-state index is 12.4. The van der Waals surface area contributed by atoms with Crippen LogP contribution < -0.4 is 5.56 Å². The highest BCUT2D eigenvalue weighted by Crippen LogP contribution is 2.18. The summed E-state index contributed by atoms with van der Waals surface area (Å²) in [5, 5.41) is 9.07. The van der Waals surface area contributed by atoms with Gasteiger partial charge in [0.25, 0.3) is 5.56 Å². The number of carboxylic acid groups (broad SMARTS) is 1. The number of aryl methyl sites for hydroxylation is 2. The Bertz CT molecular complexity index is 1040. The van der Waals surface area contributed by atoms with Gasteiger partial charge in [-0.05, 0) is 38.0 Å². The third-order valence-corrected chi connectivity index (χ3v) is 4.82. The Hall–Kier alpha value is -2.73. The molecule has 0 aliphatic rings. The van der Waals surface area contributed by atoms with Crippen LogP contribution in [0.4, 0.5) is 0 Å². The van der Waals surface area contributed by atoms with Gasteiger partial charge in [-0.3, -0.25) is 9.20 Å². The third-order valence-electron chi connectivity index (χ3n) is 3.85. The number of carboxylic acids is 1. The lowest BCUT2D eigenvalue weighted by molar-refractivity contribution is 0.0701. The van der Waals surface area contributed by atoms with E-state index in [4.69, 9.17) is 5.11 Å². The first-order chi connectivity index (χ1) is 11.4. The minimum atomic E-state index is -1.06. The topological polar surface area (TPSA) is 71.7 Å². The SMILES string of the molecule is Cc1ccc(/C=C/c2nc3sc(C(=O)O)cn3c(=O)c2C)c(C)c1. The van der Waals surface area contributed by atoms with Crippen molar-refractivity contribution in [3.05, 3.63) is 67.6 Å². The van der Waals surface area contributed by atoms with Crippen LogP contribution in [-0.4, -0.2) is 20.5 Å². The number of benzene rings is 1. The molecule has 0 amide bonds. The van der Waals surface area contributed by atoms with Gasteiger partial charge in [0.2, 0.25) is 0 Å². The molecule has 2 heterocycles. The van der Waals surface area contributed by atoms with Crippen LogP contribution in [0.15, 0.2) is 29.2 Å². The van der Waals surface area contributed by atoms with Crippen LogP contribution >= 0.6 is 11.3 Å². The second kappa shape index (κ2) is 6.05. The lowest BCUT2D eigenvalue weighted by Gasteiger charge is -2.03. The summed E-state index contributed by atoms with van der Waals surface area (Å²) in [6.07, 6.45) is 5.04. The van der Waals surface area contributed by atoms with Gasteiger partial charge < -0.3 is 5.11 Å². The normalized spacial score (nSPS) is 11.5. The number of aromatic nitrogens is 2. The highest BCUT2D eigenvalue weighted by molar-refractivity contribution is 7.18. The highest BCUT2D eigenvalue weighted by atomic mass is 32.1. The van der Waals surface area contributed by atoms with Gasteiger partial charge in [0, 0.05) is 11.8 Å². The Morgan fingerprint density at radius 2 is 2.00 bits per heavy atom. The standard InChI is InChI=1S/C18H16N2O3S/c1-10-4-5-13(11(2)8-10)6-7-14-12(3)16(21)20-9-15(17(22)23)24-18(20)19-14/h4-9H,1-3H3,(H,22,23)/b7-6+. The molecule has 0 bridgehead atoms. The summed E-state index contributed by atoms with van der Waals surface area (Å²) in [7, 11) is 0. The summed E-state index contributed by atoms with van der Waals surface area (Å²) in [6, 6.07) is 6.15. The fourth-order valence-electron chi connectivity index (χ4n) is 2.49. The summed E-state index contributed by atoms with van der Waals surface area (Å²) in [5.41, 5.74) is 4.19. The maximum absolute atomic E-state index is 12.4. The molecule has 122 valence electrons. The quantitative estimate of drug-likeness (QED) is 0.791. The van der Waals surface area contributed by atoms with Crippen molar-refractivity contribution in [3.63, 3.8) is 0 Å². The van der Waals surface area contributed by atoms with E-state index in [1.54, 1.807) is 13.0 Å². The fraction of sp³-hybridized carbons (Fsp3) is 0.167. The van der Waals surface area contributed by atoms with Crippen LogP contribution in [0.3, 0.4) is 0 Å². The van der Waals surface area contributed by atoms with Crippen molar-refractivity contribution in [1.82, 2.24) is 9.38 Å². The second-order valence-corrected chi connectivity index (χ2v) is 6.68. The van der Waals surface area contributed by atoms with Crippen LogP contribution in [0.2, 0.25) is 0 Å². The van der Waals surface area contributed by atoms with E-state index in [2.05, 4.69) is 11.1 Å². The first-order valence-corrected chi connectivity index (χ1v) is 8.20. The van der Waals surface area contributed by atoms with E-state index < -0.39 is 5.97 Å². The molecule has 0 radical (unpaired) electrons. The predicted octanol–water partition coefficient (Wildman–Crippen LogP) is 3.55. The molecule has 3 aromatic rings. The van der Waals surface area contributed by atoms with Crippen LogP contribution in [0.5, 0.6) is 0 Å². The van der Waals surface area contributed by atoms with Crippen molar-refractivity contribution < 1.29 is 9.90 Å². The Labute approximate surface area is 142 Å². The summed E-state index contributed by atoms with van der Waals surface area (Å²) < 4.78 is 1.29. The van der Waals surface area contributed by atoms with Crippen LogP contribution in [-0.2, 0) is 0 Å². The molecule has 24 heavy (non-hydrogen) atoms. The molecule has 0 atom stereocenters. The Balaban J connectivity index is 2.09. The van der Waals surface area contributed by atoms with Gasteiger partial charge in [0.1, 0.15) is 4.88 Å². The number of thiazole rings is 1. The van der Waals surface area contributed by atoms with Gasteiger partial charge >= 0.3 is 5.97 Å². The number of hydrogen-bond acceptors (Lipinski definition) is 4. The van der Waals surface area contributed by atoms with Crippen LogP contribution in [0.1, 0.15) is 37.6 Å². The lowest BCUT2D eigenvalue weighted by atomic mass is 10.0. The third kappa shape index (κ3) is 2.88. The van der Waals surface area contributed by atoms with E-state index in [9.17, 15) is 9.59 Å². The van der Waals surface area contributed by atoms with Crippen LogP contribution in [0.25, 0.3) is 17.1 Å². The van der Waals surface area contributed by atoms with Gasteiger partial charge in [0.05, 0.1) is 5.69 Å². The molecule has 0 fully saturated rings. The van der Waals surface area contributed by atoms with E-state index in [1.165, 1.54) is 16.2 Å². The van der Waals surface area contributed by atoms with Gasteiger partial charge in [-0.2, -0.15) is 0 Å². The van der Waals surface area contributed by atoms with Gasteiger partial charge in [-0.25, -0.2) is 9.78 Å². The smallest absolute Gasteiger partial charge is 0.347 e. The number of hydrogen-bond donors (Lipinski definition) is 1. The molecule has 6 heteroatoms. The molecule has 0 aliphatic heterocycles. The molecule has 5 nitrogen and oxygen atoms in total. The second-order valence-electron chi connectivity index (χ2n) is 5.67. The van der Waals surface area contributed by atoms with Crippen molar-refractivity contribution in [2.24, 2.45) is 0 Å². The molecule has 0 aliphatic carbocycles. The number of fused-ring (bicyclic) bond motifs is 1. The first-order valence-electron chi connectivity index (χ1n) is 7.38. The van der Waals surface area contributed by atoms with E-state index in [-0.39, 0.29) is 10.4 Å².